The van der Waals surface area contributed by atoms with Crippen LogP contribution >= 0.6 is 11.8 Å². The molecular formula is C11H17NO2S. The fourth-order valence-corrected chi connectivity index (χ4v) is 2.33. The maximum Gasteiger partial charge on any atom is 0.0931 e. The number of aliphatic hydroxyl groups excluding tert-OH is 2. The van der Waals surface area contributed by atoms with Crippen molar-refractivity contribution in [2.45, 2.75) is 17.0 Å². The first-order chi connectivity index (χ1) is 7.27. The zero-order valence-electron chi connectivity index (χ0n) is 8.76. The van der Waals surface area contributed by atoms with Crippen LogP contribution in [0.25, 0.3) is 0 Å². The lowest BCUT2D eigenvalue weighted by molar-refractivity contribution is 0.0717. The van der Waals surface area contributed by atoms with Crippen LogP contribution in [0.5, 0.6) is 0 Å². The quantitative estimate of drug-likeness (QED) is 0.627. The molecular weight excluding hydrogens is 210 g/mol. The van der Waals surface area contributed by atoms with E-state index in [0.29, 0.717) is 0 Å². The summed E-state index contributed by atoms with van der Waals surface area (Å²) in [7, 11) is 1.79. The van der Waals surface area contributed by atoms with Crippen molar-refractivity contribution in [2.24, 2.45) is 0 Å². The Bertz CT molecular complexity index is 269. The molecule has 0 aliphatic rings. The van der Waals surface area contributed by atoms with Gasteiger partial charge in [-0.05, 0) is 19.2 Å². The normalized spacial score (nSPS) is 14.9. The number of hydrogen-bond donors (Lipinski definition) is 3. The number of benzene rings is 1. The first-order valence-corrected chi connectivity index (χ1v) is 5.90. The second-order valence-corrected chi connectivity index (χ2v) is 4.36. The molecule has 0 radical (unpaired) electrons. The van der Waals surface area contributed by atoms with Crippen LogP contribution in [0.1, 0.15) is 0 Å². The van der Waals surface area contributed by atoms with Gasteiger partial charge in [0.05, 0.1) is 12.7 Å². The van der Waals surface area contributed by atoms with Gasteiger partial charge in [-0.3, -0.25) is 0 Å². The summed E-state index contributed by atoms with van der Waals surface area (Å²) in [5.74, 6) is 0.738. The number of hydrogen-bond acceptors (Lipinski definition) is 4. The first kappa shape index (κ1) is 12.5. The van der Waals surface area contributed by atoms with Gasteiger partial charge in [0.1, 0.15) is 0 Å². The Morgan fingerprint density at radius 1 is 1.33 bits per heavy atom. The molecule has 1 aromatic carbocycles. The Morgan fingerprint density at radius 3 is 2.53 bits per heavy atom. The van der Waals surface area contributed by atoms with E-state index >= 15 is 0 Å². The lowest BCUT2D eigenvalue weighted by atomic mass is 10.2. The molecule has 0 aromatic heterocycles. The largest absolute Gasteiger partial charge is 0.394 e. The fourth-order valence-electron chi connectivity index (χ4n) is 1.22. The molecule has 3 nitrogen and oxygen atoms in total. The van der Waals surface area contributed by atoms with Crippen LogP contribution in [0.3, 0.4) is 0 Å². The van der Waals surface area contributed by atoms with E-state index in [2.05, 4.69) is 5.32 Å². The second-order valence-electron chi connectivity index (χ2n) is 3.27. The smallest absolute Gasteiger partial charge is 0.0931 e. The molecule has 0 saturated heterocycles. The van der Waals surface area contributed by atoms with Crippen molar-refractivity contribution in [3.8, 4) is 0 Å². The van der Waals surface area contributed by atoms with Crippen LogP contribution in [0.4, 0.5) is 0 Å². The predicted molar refractivity (Wildman–Crippen MR) is 63.1 cm³/mol. The molecule has 0 aliphatic carbocycles. The molecule has 0 heterocycles. The zero-order valence-corrected chi connectivity index (χ0v) is 9.57. The maximum absolute atomic E-state index is 9.47. The molecule has 2 atom stereocenters. The van der Waals surface area contributed by atoms with E-state index in [4.69, 9.17) is 5.11 Å². The van der Waals surface area contributed by atoms with Crippen molar-refractivity contribution in [2.75, 3.05) is 19.4 Å². The minimum absolute atomic E-state index is 0.0831. The Labute approximate surface area is 94.5 Å². The number of likely N-dealkylation sites (N-methyl/N-ethyl adjacent to an activating group) is 1. The van der Waals surface area contributed by atoms with E-state index < -0.39 is 6.10 Å². The Balaban J connectivity index is 2.41. The average molecular weight is 227 g/mol. The van der Waals surface area contributed by atoms with E-state index in [-0.39, 0.29) is 12.6 Å². The lowest BCUT2D eigenvalue weighted by Crippen LogP contribution is -2.41. The maximum atomic E-state index is 9.47. The summed E-state index contributed by atoms with van der Waals surface area (Å²) in [6.07, 6.45) is -0.703. The SMILES string of the molecule is CN[C@@H](CSc1ccccc1)C(O)CO. The predicted octanol–water partition coefficient (Wildman–Crippen LogP) is 0.720. The monoisotopic (exact) mass is 227 g/mol. The minimum Gasteiger partial charge on any atom is -0.394 e. The van der Waals surface area contributed by atoms with Gasteiger partial charge in [-0.2, -0.15) is 0 Å². The summed E-state index contributed by atoms with van der Waals surface area (Å²) < 4.78 is 0. The van der Waals surface area contributed by atoms with Crippen LogP contribution < -0.4 is 5.32 Å². The summed E-state index contributed by atoms with van der Waals surface area (Å²) in [4.78, 5) is 1.17. The van der Waals surface area contributed by atoms with Crippen molar-refractivity contribution in [3.63, 3.8) is 0 Å². The van der Waals surface area contributed by atoms with Gasteiger partial charge in [-0.25, -0.2) is 0 Å². The van der Waals surface area contributed by atoms with Gasteiger partial charge in [-0.1, -0.05) is 18.2 Å². The second kappa shape index (κ2) is 6.85. The van der Waals surface area contributed by atoms with E-state index in [0.717, 1.165) is 5.75 Å². The van der Waals surface area contributed by atoms with Crippen molar-refractivity contribution >= 4 is 11.8 Å². The molecule has 0 saturated carbocycles. The average Bonchev–Trinajstić information content (AvgIpc) is 2.31. The topological polar surface area (TPSA) is 52.5 Å². The molecule has 1 aromatic rings. The summed E-state index contributed by atoms with van der Waals surface area (Å²) in [6, 6.07) is 9.92. The van der Waals surface area contributed by atoms with Gasteiger partial charge in [0.25, 0.3) is 0 Å². The van der Waals surface area contributed by atoms with E-state index in [1.807, 2.05) is 30.3 Å². The van der Waals surface area contributed by atoms with Gasteiger partial charge < -0.3 is 15.5 Å². The third-order valence-corrected chi connectivity index (χ3v) is 3.33. The molecule has 1 unspecified atom stereocenters. The molecule has 0 fully saturated rings. The molecule has 0 amide bonds. The van der Waals surface area contributed by atoms with Gasteiger partial charge >= 0.3 is 0 Å². The van der Waals surface area contributed by atoms with Crippen LogP contribution in [0.15, 0.2) is 35.2 Å². The number of aliphatic hydroxyl groups is 2. The van der Waals surface area contributed by atoms with Gasteiger partial charge in [0.15, 0.2) is 0 Å². The van der Waals surface area contributed by atoms with E-state index in [1.54, 1.807) is 18.8 Å². The molecule has 0 spiro atoms. The van der Waals surface area contributed by atoms with Crippen molar-refractivity contribution in [1.82, 2.24) is 5.32 Å². The fraction of sp³-hybridized carbons (Fsp3) is 0.455. The molecule has 3 N–H and O–H groups in total. The number of thioether (sulfide) groups is 1. The van der Waals surface area contributed by atoms with Crippen LogP contribution in [0, 0.1) is 0 Å². The van der Waals surface area contributed by atoms with Gasteiger partial charge in [0, 0.05) is 16.7 Å². The summed E-state index contributed by atoms with van der Waals surface area (Å²) in [6.45, 7) is -0.207. The first-order valence-electron chi connectivity index (χ1n) is 4.92. The summed E-state index contributed by atoms with van der Waals surface area (Å²) in [5.41, 5.74) is 0. The Morgan fingerprint density at radius 2 is 2.00 bits per heavy atom. The molecule has 84 valence electrons. The van der Waals surface area contributed by atoms with Crippen LogP contribution in [-0.4, -0.2) is 41.8 Å². The van der Waals surface area contributed by atoms with E-state index in [9.17, 15) is 5.11 Å². The van der Waals surface area contributed by atoms with Crippen molar-refractivity contribution < 1.29 is 10.2 Å². The molecule has 0 aliphatic heterocycles. The van der Waals surface area contributed by atoms with Crippen LogP contribution in [-0.2, 0) is 0 Å². The summed E-state index contributed by atoms with van der Waals surface area (Å²) in [5, 5.41) is 21.3. The van der Waals surface area contributed by atoms with Gasteiger partial charge in [0.2, 0.25) is 0 Å². The van der Waals surface area contributed by atoms with Gasteiger partial charge in [-0.15, -0.1) is 11.8 Å². The Hall–Kier alpha value is -0.550. The third-order valence-electron chi connectivity index (χ3n) is 2.20. The van der Waals surface area contributed by atoms with E-state index in [1.165, 1.54) is 4.90 Å². The highest BCUT2D eigenvalue weighted by Crippen LogP contribution is 2.18. The highest BCUT2D eigenvalue weighted by Gasteiger charge is 2.16. The zero-order chi connectivity index (χ0) is 11.1. The third kappa shape index (κ3) is 4.22. The van der Waals surface area contributed by atoms with Crippen molar-refractivity contribution in [1.29, 1.82) is 0 Å². The lowest BCUT2D eigenvalue weighted by Gasteiger charge is -2.20. The molecule has 1 rings (SSSR count). The highest BCUT2D eigenvalue weighted by molar-refractivity contribution is 7.99. The molecule has 15 heavy (non-hydrogen) atoms. The standard InChI is InChI=1S/C11H17NO2S/c1-12-10(11(14)7-13)8-15-9-5-3-2-4-6-9/h2-6,10-14H,7-8H2,1H3/t10-,11?/m0/s1. The molecule has 0 bridgehead atoms. The summed E-state index contributed by atoms with van der Waals surface area (Å²) >= 11 is 1.66. The minimum atomic E-state index is -0.703. The number of nitrogens with one attached hydrogen (secondary N) is 1. The van der Waals surface area contributed by atoms with Crippen LogP contribution in [0.2, 0.25) is 0 Å². The highest BCUT2D eigenvalue weighted by atomic mass is 32.2. The van der Waals surface area contributed by atoms with Crippen molar-refractivity contribution in [3.05, 3.63) is 30.3 Å². The number of rotatable bonds is 6. The Kier molecular flexibility index (Phi) is 5.71. The molecule has 4 heteroatoms.